The number of amides is 2. The number of furan rings is 1. The fourth-order valence-corrected chi connectivity index (χ4v) is 3.37. The summed E-state index contributed by atoms with van der Waals surface area (Å²) in [5.41, 5.74) is 1.76. The van der Waals surface area contributed by atoms with Crippen LogP contribution >= 0.6 is 0 Å². The number of piperidine rings is 1. The highest BCUT2D eigenvalue weighted by molar-refractivity contribution is 5.89. The highest BCUT2D eigenvalue weighted by atomic mass is 16.3. The van der Waals surface area contributed by atoms with Crippen molar-refractivity contribution in [2.75, 3.05) is 23.3 Å². The minimum atomic E-state index is -0.234. The number of anilines is 2. The molecule has 27 heavy (non-hydrogen) atoms. The van der Waals surface area contributed by atoms with Crippen LogP contribution < -0.4 is 15.5 Å². The summed E-state index contributed by atoms with van der Waals surface area (Å²) in [7, 11) is 3.69. The van der Waals surface area contributed by atoms with Crippen molar-refractivity contribution in [2.45, 2.75) is 18.9 Å². The summed E-state index contributed by atoms with van der Waals surface area (Å²) >= 11 is 0. The van der Waals surface area contributed by atoms with Crippen LogP contribution in [-0.2, 0) is 14.1 Å². The van der Waals surface area contributed by atoms with Crippen LogP contribution in [0.25, 0.3) is 11.5 Å². The van der Waals surface area contributed by atoms with Crippen LogP contribution in [-0.4, -0.2) is 44.7 Å². The maximum absolute atomic E-state index is 12.5. The van der Waals surface area contributed by atoms with E-state index in [0.29, 0.717) is 17.3 Å². The Balaban J connectivity index is 1.36. The van der Waals surface area contributed by atoms with E-state index in [1.54, 1.807) is 34.8 Å². The average molecular weight is 369 g/mol. The number of nitrogens with zero attached hydrogens (tertiary/aromatic N) is 5. The van der Waals surface area contributed by atoms with Gasteiger partial charge in [0, 0.05) is 45.5 Å². The van der Waals surface area contributed by atoms with Crippen LogP contribution in [0.5, 0.6) is 0 Å². The lowest BCUT2D eigenvalue weighted by Gasteiger charge is -2.33. The molecule has 9 nitrogen and oxygen atoms in total. The van der Waals surface area contributed by atoms with E-state index < -0.39 is 0 Å². The lowest BCUT2D eigenvalue weighted by molar-refractivity contribution is 0.246. The van der Waals surface area contributed by atoms with Crippen molar-refractivity contribution in [3.05, 3.63) is 36.9 Å². The lowest BCUT2D eigenvalue weighted by atomic mass is 10.1. The normalized spacial score (nSPS) is 17.1. The zero-order chi connectivity index (χ0) is 18.8. The van der Waals surface area contributed by atoms with E-state index in [1.165, 1.54) is 0 Å². The van der Waals surface area contributed by atoms with Gasteiger partial charge in [-0.05, 0) is 25.0 Å². The number of hydrogen-bond donors (Lipinski definition) is 2. The molecule has 4 heterocycles. The number of carbonyl (C=O) groups is 1. The van der Waals surface area contributed by atoms with Gasteiger partial charge in [-0.25, -0.2) is 4.79 Å². The van der Waals surface area contributed by atoms with E-state index in [0.717, 1.165) is 31.6 Å². The highest BCUT2D eigenvalue weighted by Gasteiger charge is 2.23. The molecular weight excluding hydrogens is 346 g/mol. The van der Waals surface area contributed by atoms with Gasteiger partial charge >= 0.3 is 6.03 Å². The summed E-state index contributed by atoms with van der Waals surface area (Å²) in [4.78, 5) is 14.7. The molecule has 1 saturated heterocycles. The summed E-state index contributed by atoms with van der Waals surface area (Å²) in [5, 5.41) is 14.5. The molecule has 0 spiro atoms. The van der Waals surface area contributed by atoms with Crippen LogP contribution in [0.15, 0.2) is 41.3 Å². The Labute approximate surface area is 156 Å². The molecule has 1 atom stereocenters. The van der Waals surface area contributed by atoms with Crippen LogP contribution in [0, 0.1) is 0 Å². The molecule has 1 fully saturated rings. The van der Waals surface area contributed by atoms with Crippen molar-refractivity contribution in [2.24, 2.45) is 14.1 Å². The first-order valence-electron chi connectivity index (χ1n) is 8.97. The molecule has 1 aliphatic rings. The average Bonchev–Trinajstić information content (AvgIpc) is 3.37. The second-order valence-corrected chi connectivity index (χ2v) is 6.77. The molecule has 0 bridgehead atoms. The fourth-order valence-electron chi connectivity index (χ4n) is 3.37. The minimum absolute atomic E-state index is 0.0803. The van der Waals surface area contributed by atoms with E-state index >= 15 is 0 Å². The Hall–Kier alpha value is -3.23. The molecule has 4 rings (SSSR count). The van der Waals surface area contributed by atoms with Crippen molar-refractivity contribution in [1.29, 1.82) is 0 Å². The van der Waals surface area contributed by atoms with Gasteiger partial charge in [0.05, 0.1) is 18.1 Å². The lowest BCUT2D eigenvalue weighted by Crippen LogP contribution is -2.49. The summed E-state index contributed by atoms with van der Waals surface area (Å²) in [6.45, 7) is 1.74. The predicted octanol–water partition coefficient (Wildman–Crippen LogP) is 2.20. The number of aryl methyl sites for hydroxylation is 2. The molecule has 9 heteroatoms. The predicted molar refractivity (Wildman–Crippen MR) is 102 cm³/mol. The quantitative estimate of drug-likeness (QED) is 0.735. The zero-order valence-corrected chi connectivity index (χ0v) is 15.4. The van der Waals surface area contributed by atoms with Gasteiger partial charge in [-0.2, -0.15) is 10.2 Å². The molecule has 3 aromatic heterocycles. The molecule has 0 aromatic carbocycles. The maximum Gasteiger partial charge on any atom is 0.320 e. The van der Waals surface area contributed by atoms with Crippen molar-refractivity contribution in [3.63, 3.8) is 0 Å². The van der Waals surface area contributed by atoms with E-state index in [4.69, 9.17) is 4.42 Å². The fraction of sp³-hybridized carbons (Fsp3) is 0.389. The summed E-state index contributed by atoms with van der Waals surface area (Å²) in [6.07, 6.45) is 7.42. The number of carbonyl (C=O) groups excluding carboxylic acids is 1. The molecule has 1 aliphatic heterocycles. The van der Waals surface area contributed by atoms with Gasteiger partial charge in [-0.15, -0.1) is 0 Å². The summed E-state index contributed by atoms with van der Waals surface area (Å²) in [6, 6.07) is 5.28. The van der Waals surface area contributed by atoms with Crippen molar-refractivity contribution in [1.82, 2.24) is 24.9 Å². The Morgan fingerprint density at radius 2 is 2.26 bits per heavy atom. The number of aromatic nitrogens is 4. The second-order valence-electron chi connectivity index (χ2n) is 6.77. The SMILES string of the molecule is Cn1cc(N2CCC[C@H](NC(=O)Nc3cc(-c4ccco4)nn3C)C2)cn1. The van der Waals surface area contributed by atoms with Crippen LogP contribution in [0.2, 0.25) is 0 Å². The van der Waals surface area contributed by atoms with Gasteiger partial charge in [0.1, 0.15) is 11.5 Å². The summed E-state index contributed by atoms with van der Waals surface area (Å²) < 4.78 is 8.77. The van der Waals surface area contributed by atoms with Gasteiger partial charge in [-0.3, -0.25) is 14.7 Å². The van der Waals surface area contributed by atoms with Crippen molar-refractivity contribution >= 4 is 17.5 Å². The third-order valence-corrected chi connectivity index (χ3v) is 4.71. The first kappa shape index (κ1) is 17.2. The number of urea groups is 1. The molecule has 3 aromatic rings. The maximum atomic E-state index is 12.5. The highest BCUT2D eigenvalue weighted by Crippen LogP contribution is 2.22. The van der Waals surface area contributed by atoms with E-state index in [-0.39, 0.29) is 12.1 Å². The van der Waals surface area contributed by atoms with Crippen LogP contribution in [0.4, 0.5) is 16.3 Å². The van der Waals surface area contributed by atoms with Gasteiger partial charge in [0.2, 0.25) is 0 Å². The molecule has 2 amide bonds. The van der Waals surface area contributed by atoms with E-state index in [2.05, 4.69) is 25.7 Å². The van der Waals surface area contributed by atoms with Gasteiger partial charge in [0.25, 0.3) is 0 Å². The number of nitrogens with one attached hydrogen (secondary N) is 2. The number of hydrogen-bond acceptors (Lipinski definition) is 5. The Morgan fingerprint density at radius 1 is 1.37 bits per heavy atom. The van der Waals surface area contributed by atoms with Gasteiger partial charge in [0.15, 0.2) is 5.76 Å². The molecule has 0 unspecified atom stereocenters. The first-order chi connectivity index (χ1) is 13.1. The molecule has 142 valence electrons. The van der Waals surface area contributed by atoms with Crippen molar-refractivity contribution < 1.29 is 9.21 Å². The Kier molecular flexibility index (Phi) is 4.57. The van der Waals surface area contributed by atoms with Crippen molar-refractivity contribution in [3.8, 4) is 11.5 Å². The van der Waals surface area contributed by atoms with Crippen LogP contribution in [0.1, 0.15) is 12.8 Å². The molecule has 0 radical (unpaired) electrons. The van der Waals surface area contributed by atoms with E-state index in [1.807, 2.05) is 25.5 Å². The standard InChI is InChI=1S/C18H23N7O2/c1-23-12-14(10-19-23)25-7-3-5-13(11-25)20-18(26)21-17-9-15(22-24(17)2)16-6-4-8-27-16/h4,6,8-10,12-13H,3,5,7,11H2,1-2H3,(H2,20,21,26)/t13-/m0/s1. The first-order valence-corrected chi connectivity index (χ1v) is 8.97. The zero-order valence-electron chi connectivity index (χ0n) is 15.4. The van der Waals surface area contributed by atoms with Gasteiger partial charge < -0.3 is 14.6 Å². The Bertz CT molecular complexity index is 912. The third-order valence-electron chi connectivity index (χ3n) is 4.71. The Morgan fingerprint density at radius 3 is 3.00 bits per heavy atom. The van der Waals surface area contributed by atoms with Gasteiger partial charge in [-0.1, -0.05) is 0 Å². The monoisotopic (exact) mass is 369 g/mol. The number of rotatable bonds is 4. The molecule has 0 saturated carbocycles. The molecular formula is C18H23N7O2. The second kappa shape index (κ2) is 7.18. The summed E-state index contributed by atoms with van der Waals surface area (Å²) in [5.74, 6) is 1.28. The topological polar surface area (TPSA) is 93.1 Å². The molecule has 0 aliphatic carbocycles. The smallest absolute Gasteiger partial charge is 0.320 e. The minimum Gasteiger partial charge on any atom is -0.463 e. The van der Waals surface area contributed by atoms with Crippen LogP contribution in [0.3, 0.4) is 0 Å². The third kappa shape index (κ3) is 3.81. The van der Waals surface area contributed by atoms with E-state index in [9.17, 15) is 4.79 Å². The largest absolute Gasteiger partial charge is 0.463 e. The molecule has 2 N–H and O–H groups in total.